The first-order chi connectivity index (χ1) is 6.09. The zero-order chi connectivity index (χ0) is 9.84. The topological polar surface area (TPSA) is 57.5 Å². The molecule has 1 rings (SSSR count). The second-order valence-corrected chi connectivity index (χ2v) is 3.06. The molecule has 0 radical (unpaired) electrons. The minimum atomic E-state index is -1.07. The van der Waals surface area contributed by atoms with E-state index in [9.17, 15) is 4.79 Å². The Morgan fingerprint density at radius 2 is 1.85 bits per heavy atom. The summed E-state index contributed by atoms with van der Waals surface area (Å²) in [5.41, 5.74) is 0.783. The summed E-state index contributed by atoms with van der Waals surface area (Å²) in [7, 11) is 0. The molecule has 1 aromatic carbocycles. The van der Waals surface area contributed by atoms with Crippen molar-refractivity contribution in [3.8, 4) is 5.75 Å². The summed E-state index contributed by atoms with van der Waals surface area (Å²) >= 11 is 4.63. The van der Waals surface area contributed by atoms with E-state index in [2.05, 4.69) is 12.2 Å². The monoisotopic (exact) mass is 196 g/mol. The summed E-state index contributed by atoms with van der Waals surface area (Å²) in [4.78, 5) is 10.4. The molecule has 0 bridgehead atoms. The third-order valence-electron chi connectivity index (χ3n) is 1.54. The molecule has 0 saturated carbocycles. The van der Waals surface area contributed by atoms with Crippen LogP contribution in [0.5, 0.6) is 5.75 Å². The highest BCUT2D eigenvalue weighted by molar-refractivity contribution is 7.82. The van der Waals surface area contributed by atoms with Gasteiger partial charge >= 0.3 is 5.97 Å². The van der Waals surface area contributed by atoms with Crippen LogP contribution in [0.3, 0.4) is 0 Å². The number of carboxylic acid groups (broad SMARTS) is 1. The van der Waals surface area contributed by atoms with Gasteiger partial charge in [-0.05, 0) is 17.7 Å². The second-order valence-electron chi connectivity index (χ2n) is 2.57. The molecule has 0 atom stereocenters. The van der Waals surface area contributed by atoms with Crippen LogP contribution in [0.2, 0.25) is 0 Å². The quantitative estimate of drug-likeness (QED) is 0.717. The van der Waals surface area contributed by atoms with E-state index >= 15 is 0 Å². The number of hydrogen-bond donors (Lipinski definition) is 2. The molecule has 0 aromatic heterocycles. The van der Waals surface area contributed by atoms with E-state index in [0.29, 0.717) is 0 Å². The number of thiocarbonyl (C=S) groups is 1. The van der Waals surface area contributed by atoms with Crippen LogP contribution < -0.4 is 0 Å². The number of benzene rings is 1. The smallest absolute Gasteiger partial charge is 0.342 e. The van der Waals surface area contributed by atoms with Gasteiger partial charge in [-0.25, -0.2) is 4.79 Å². The maximum absolute atomic E-state index is 10.4. The number of phenols is 1. The fourth-order valence-corrected chi connectivity index (χ4v) is 1.04. The number of phenolic OH excluding ortho intramolecular Hbond substituents is 1. The lowest BCUT2D eigenvalue weighted by atomic mass is 10.1. The molecule has 0 fully saturated rings. The molecule has 0 heterocycles. The molecule has 2 N–H and O–H groups in total. The predicted molar refractivity (Wildman–Crippen MR) is 52.0 cm³/mol. The van der Waals surface area contributed by atoms with Crippen molar-refractivity contribution in [1.82, 2.24) is 0 Å². The molecule has 0 aliphatic heterocycles. The molecule has 0 amide bonds. The van der Waals surface area contributed by atoms with Gasteiger partial charge in [-0.15, -0.1) is 0 Å². The van der Waals surface area contributed by atoms with E-state index < -0.39 is 5.97 Å². The summed E-state index contributed by atoms with van der Waals surface area (Å²) in [5, 5.41) is 17.5. The van der Waals surface area contributed by atoms with Crippen molar-refractivity contribution in [3.05, 3.63) is 29.8 Å². The van der Waals surface area contributed by atoms with Crippen LogP contribution in [-0.2, 0) is 11.2 Å². The molecule has 3 nitrogen and oxygen atoms in total. The normalized spacial score (nSPS) is 9.54. The molecule has 4 heteroatoms. The highest BCUT2D eigenvalue weighted by Crippen LogP contribution is 2.10. The molecule has 0 aliphatic carbocycles. The first-order valence-electron chi connectivity index (χ1n) is 3.63. The Labute approximate surface area is 80.6 Å². The summed E-state index contributed by atoms with van der Waals surface area (Å²) in [6.45, 7) is 0. The number of carboxylic acids is 1. The second kappa shape index (κ2) is 4.00. The third-order valence-corrected chi connectivity index (χ3v) is 1.86. The van der Waals surface area contributed by atoms with Gasteiger partial charge in [-0.3, -0.25) is 0 Å². The van der Waals surface area contributed by atoms with Crippen LogP contribution in [0, 0.1) is 0 Å². The zero-order valence-corrected chi connectivity index (χ0v) is 7.54. The fraction of sp³-hybridized carbons (Fsp3) is 0.111. The molecule has 1 aromatic rings. The van der Waals surface area contributed by atoms with Crippen LogP contribution in [0.4, 0.5) is 0 Å². The summed E-state index contributed by atoms with van der Waals surface area (Å²) in [6.07, 6.45) is 0.227. The van der Waals surface area contributed by atoms with Gasteiger partial charge in [0.15, 0.2) is 0 Å². The zero-order valence-electron chi connectivity index (χ0n) is 6.73. The standard InChI is InChI=1S/C9H8O3S/c10-7-3-1-6(2-4-7)5-8(13)9(11)12/h1-4,10H,5H2,(H,11,12). The van der Waals surface area contributed by atoms with E-state index in [4.69, 9.17) is 10.2 Å². The van der Waals surface area contributed by atoms with Crippen LogP contribution in [-0.4, -0.2) is 21.0 Å². The van der Waals surface area contributed by atoms with Crippen LogP contribution in [0.1, 0.15) is 5.56 Å². The SMILES string of the molecule is O=C(O)C(=S)Cc1ccc(O)cc1. The maximum Gasteiger partial charge on any atom is 0.342 e. The minimum Gasteiger partial charge on any atom is -0.508 e. The number of rotatable bonds is 3. The van der Waals surface area contributed by atoms with Gasteiger partial charge in [-0.2, -0.15) is 0 Å². The third kappa shape index (κ3) is 2.83. The Balaban J connectivity index is 2.70. The number of aliphatic carboxylic acids is 1. The Morgan fingerprint density at radius 3 is 2.31 bits per heavy atom. The van der Waals surface area contributed by atoms with E-state index in [-0.39, 0.29) is 17.0 Å². The van der Waals surface area contributed by atoms with Crippen LogP contribution in [0.25, 0.3) is 0 Å². The lowest BCUT2D eigenvalue weighted by Gasteiger charge is -1.99. The van der Waals surface area contributed by atoms with Crippen molar-refractivity contribution in [1.29, 1.82) is 0 Å². The Kier molecular flexibility index (Phi) is 2.97. The van der Waals surface area contributed by atoms with Crippen molar-refractivity contribution in [2.24, 2.45) is 0 Å². The molecular formula is C9H8O3S. The molecule has 0 saturated heterocycles. The lowest BCUT2D eigenvalue weighted by molar-refractivity contribution is -0.129. The van der Waals surface area contributed by atoms with Crippen molar-refractivity contribution in [2.75, 3.05) is 0 Å². The summed E-state index contributed by atoms with van der Waals surface area (Å²) in [5.74, 6) is -0.909. The summed E-state index contributed by atoms with van der Waals surface area (Å²) < 4.78 is 0. The maximum atomic E-state index is 10.4. The molecule has 0 spiro atoms. The average molecular weight is 196 g/mol. The Bertz CT molecular complexity index is 329. The minimum absolute atomic E-state index is 0.0225. The van der Waals surface area contributed by atoms with Gasteiger partial charge in [0.1, 0.15) is 10.6 Å². The van der Waals surface area contributed by atoms with Crippen molar-refractivity contribution in [2.45, 2.75) is 6.42 Å². The van der Waals surface area contributed by atoms with Crippen LogP contribution in [0.15, 0.2) is 24.3 Å². The first-order valence-corrected chi connectivity index (χ1v) is 4.04. The van der Waals surface area contributed by atoms with E-state index in [1.165, 1.54) is 12.1 Å². The van der Waals surface area contributed by atoms with E-state index in [0.717, 1.165) is 5.56 Å². The van der Waals surface area contributed by atoms with Gasteiger partial charge in [0.05, 0.1) is 0 Å². The Morgan fingerprint density at radius 1 is 1.31 bits per heavy atom. The van der Waals surface area contributed by atoms with Crippen molar-refractivity contribution >= 4 is 23.1 Å². The number of hydrogen-bond acceptors (Lipinski definition) is 3. The van der Waals surface area contributed by atoms with Crippen molar-refractivity contribution in [3.63, 3.8) is 0 Å². The van der Waals surface area contributed by atoms with Gasteiger partial charge in [-0.1, -0.05) is 24.4 Å². The van der Waals surface area contributed by atoms with Crippen LogP contribution >= 0.6 is 12.2 Å². The van der Waals surface area contributed by atoms with E-state index in [1.807, 2.05) is 0 Å². The van der Waals surface area contributed by atoms with Gasteiger partial charge < -0.3 is 10.2 Å². The predicted octanol–water partition coefficient (Wildman–Crippen LogP) is 1.39. The lowest BCUT2D eigenvalue weighted by Crippen LogP contribution is -2.12. The molecular weight excluding hydrogens is 188 g/mol. The number of carbonyl (C=O) groups is 1. The van der Waals surface area contributed by atoms with Crippen molar-refractivity contribution < 1.29 is 15.0 Å². The fourth-order valence-electron chi connectivity index (χ4n) is 0.875. The highest BCUT2D eigenvalue weighted by atomic mass is 32.1. The van der Waals surface area contributed by atoms with Gasteiger partial charge in [0.2, 0.25) is 0 Å². The molecule has 68 valence electrons. The van der Waals surface area contributed by atoms with Gasteiger partial charge in [0, 0.05) is 6.42 Å². The van der Waals surface area contributed by atoms with E-state index in [1.54, 1.807) is 12.1 Å². The number of aromatic hydroxyl groups is 1. The molecule has 0 unspecified atom stereocenters. The molecule has 13 heavy (non-hydrogen) atoms. The largest absolute Gasteiger partial charge is 0.508 e. The Hall–Kier alpha value is -1.42. The average Bonchev–Trinajstić information content (AvgIpc) is 2.08. The van der Waals surface area contributed by atoms with Gasteiger partial charge in [0.25, 0.3) is 0 Å². The highest BCUT2D eigenvalue weighted by Gasteiger charge is 2.06. The summed E-state index contributed by atoms with van der Waals surface area (Å²) in [6, 6.07) is 6.29. The molecule has 0 aliphatic rings. The first kappa shape index (κ1) is 9.67.